The van der Waals surface area contributed by atoms with Gasteiger partial charge < -0.3 is 5.11 Å². The van der Waals surface area contributed by atoms with Gasteiger partial charge in [-0.15, -0.1) is 0 Å². The van der Waals surface area contributed by atoms with Crippen LogP contribution < -0.4 is 0 Å². The molecule has 2 aromatic rings. The first-order chi connectivity index (χ1) is 10.7. The SMILES string of the molecule is CCCN(CCC)Cc1ccccc1Sc1ccccc1O. The topological polar surface area (TPSA) is 23.5 Å². The van der Waals surface area contributed by atoms with Crippen LogP contribution in [0.2, 0.25) is 0 Å². The van der Waals surface area contributed by atoms with Gasteiger partial charge in [-0.2, -0.15) is 0 Å². The molecule has 0 spiro atoms. The Morgan fingerprint density at radius 2 is 1.45 bits per heavy atom. The van der Waals surface area contributed by atoms with Crippen LogP contribution in [0.15, 0.2) is 58.3 Å². The van der Waals surface area contributed by atoms with E-state index in [1.807, 2.05) is 18.2 Å². The maximum absolute atomic E-state index is 9.98. The third-order valence-corrected chi connectivity index (χ3v) is 4.71. The summed E-state index contributed by atoms with van der Waals surface area (Å²) in [6.07, 6.45) is 2.35. The Balaban J connectivity index is 2.17. The Morgan fingerprint density at radius 1 is 0.864 bits per heavy atom. The molecular weight excluding hydrogens is 290 g/mol. The molecule has 2 aromatic carbocycles. The van der Waals surface area contributed by atoms with Gasteiger partial charge in [0.1, 0.15) is 5.75 Å². The van der Waals surface area contributed by atoms with Gasteiger partial charge >= 0.3 is 0 Å². The van der Waals surface area contributed by atoms with Gasteiger partial charge in [-0.25, -0.2) is 0 Å². The number of para-hydroxylation sites is 1. The van der Waals surface area contributed by atoms with Gasteiger partial charge in [-0.1, -0.05) is 55.9 Å². The summed E-state index contributed by atoms with van der Waals surface area (Å²) in [4.78, 5) is 4.64. The maximum atomic E-state index is 9.98. The van der Waals surface area contributed by atoms with Crippen molar-refractivity contribution in [3.05, 3.63) is 54.1 Å². The van der Waals surface area contributed by atoms with Crippen LogP contribution in [0.25, 0.3) is 0 Å². The van der Waals surface area contributed by atoms with E-state index < -0.39 is 0 Å². The fraction of sp³-hybridized carbons (Fsp3) is 0.368. The zero-order valence-electron chi connectivity index (χ0n) is 13.5. The molecule has 0 saturated carbocycles. The molecule has 0 amide bonds. The first-order valence-corrected chi connectivity index (χ1v) is 8.82. The quantitative estimate of drug-likeness (QED) is 0.727. The summed E-state index contributed by atoms with van der Waals surface area (Å²) in [7, 11) is 0. The summed E-state index contributed by atoms with van der Waals surface area (Å²) in [5, 5.41) is 9.98. The van der Waals surface area contributed by atoms with Crippen molar-refractivity contribution >= 4 is 11.8 Å². The van der Waals surface area contributed by atoms with Gasteiger partial charge in [0.2, 0.25) is 0 Å². The molecule has 0 aliphatic carbocycles. The van der Waals surface area contributed by atoms with Crippen LogP contribution >= 0.6 is 11.8 Å². The fourth-order valence-corrected chi connectivity index (χ4v) is 3.51. The molecule has 1 N–H and O–H groups in total. The van der Waals surface area contributed by atoms with Gasteiger partial charge in [0.15, 0.2) is 0 Å². The molecule has 22 heavy (non-hydrogen) atoms. The molecule has 0 aliphatic heterocycles. The zero-order valence-corrected chi connectivity index (χ0v) is 14.3. The van der Waals surface area contributed by atoms with E-state index in [9.17, 15) is 5.11 Å². The number of hydrogen-bond donors (Lipinski definition) is 1. The molecule has 2 nitrogen and oxygen atoms in total. The molecule has 3 heteroatoms. The third-order valence-electron chi connectivity index (χ3n) is 3.53. The Labute approximate surface area is 138 Å². The predicted molar refractivity (Wildman–Crippen MR) is 94.5 cm³/mol. The van der Waals surface area contributed by atoms with Crippen LogP contribution in [0, 0.1) is 0 Å². The number of hydrogen-bond acceptors (Lipinski definition) is 3. The number of benzene rings is 2. The van der Waals surface area contributed by atoms with Crippen LogP contribution in [0.5, 0.6) is 5.75 Å². The van der Waals surface area contributed by atoms with Gasteiger partial charge in [0.25, 0.3) is 0 Å². The van der Waals surface area contributed by atoms with Crippen molar-refractivity contribution < 1.29 is 5.11 Å². The summed E-state index contributed by atoms with van der Waals surface area (Å²) in [5.41, 5.74) is 1.33. The minimum Gasteiger partial charge on any atom is -0.507 e. The Kier molecular flexibility index (Phi) is 6.81. The Morgan fingerprint density at radius 3 is 2.09 bits per heavy atom. The van der Waals surface area contributed by atoms with Crippen LogP contribution in [-0.2, 0) is 6.54 Å². The summed E-state index contributed by atoms with van der Waals surface area (Å²) in [6, 6.07) is 16.0. The number of phenolic OH excluding ortho intramolecular Hbond substituents is 1. The van der Waals surface area contributed by atoms with Crippen molar-refractivity contribution in [3.63, 3.8) is 0 Å². The molecule has 0 radical (unpaired) electrons. The second-order valence-electron chi connectivity index (χ2n) is 5.45. The lowest BCUT2D eigenvalue weighted by Crippen LogP contribution is -2.25. The van der Waals surface area contributed by atoms with E-state index >= 15 is 0 Å². The highest BCUT2D eigenvalue weighted by Crippen LogP contribution is 2.36. The Hall–Kier alpha value is -1.45. The van der Waals surface area contributed by atoms with E-state index in [4.69, 9.17) is 0 Å². The minimum atomic E-state index is 0.348. The van der Waals surface area contributed by atoms with Crippen molar-refractivity contribution in [2.75, 3.05) is 13.1 Å². The standard InChI is InChI=1S/C19H25NOS/c1-3-13-20(14-4-2)15-16-9-5-7-11-18(16)22-19-12-8-6-10-17(19)21/h5-12,21H,3-4,13-15H2,1-2H3. The second kappa shape index (κ2) is 8.86. The molecule has 118 valence electrons. The van der Waals surface area contributed by atoms with Crippen molar-refractivity contribution in [1.82, 2.24) is 4.90 Å². The lowest BCUT2D eigenvalue weighted by atomic mass is 10.2. The normalized spacial score (nSPS) is 11.0. The lowest BCUT2D eigenvalue weighted by molar-refractivity contribution is 0.265. The molecule has 0 fully saturated rings. The van der Waals surface area contributed by atoms with E-state index in [0.717, 1.165) is 24.5 Å². The van der Waals surface area contributed by atoms with E-state index in [-0.39, 0.29) is 0 Å². The first kappa shape index (κ1) is 16.9. The molecule has 0 bridgehead atoms. The maximum Gasteiger partial charge on any atom is 0.129 e. The van der Waals surface area contributed by atoms with Crippen LogP contribution in [0.4, 0.5) is 0 Å². The first-order valence-electron chi connectivity index (χ1n) is 8.00. The van der Waals surface area contributed by atoms with Gasteiger partial charge in [0.05, 0.1) is 4.90 Å². The van der Waals surface area contributed by atoms with Crippen LogP contribution in [0.1, 0.15) is 32.3 Å². The van der Waals surface area contributed by atoms with E-state index in [1.165, 1.54) is 23.3 Å². The molecule has 2 rings (SSSR count). The molecule has 0 aromatic heterocycles. The average Bonchev–Trinajstić information content (AvgIpc) is 2.52. The molecule has 0 aliphatic rings. The molecule has 0 unspecified atom stereocenters. The summed E-state index contributed by atoms with van der Waals surface area (Å²) >= 11 is 1.64. The lowest BCUT2D eigenvalue weighted by Gasteiger charge is -2.22. The predicted octanol–water partition coefficient (Wildman–Crippen LogP) is 5.17. The largest absolute Gasteiger partial charge is 0.507 e. The van der Waals surface area contributed by atoms with E-state index in [1.54, 1.807) is 17.8 Å². The van der Waals surface area contributed by atoms with Crippen LogP contribution in [0.3, 0.4) is 0 Å². The molecular formula is C19H25NOS. The zero-order chi connectivity index (χ0) is 15.8. The van der Waals surface area contributed by atoms with Gasteiger partial charge in [0, 0.05) is 11.4 Å². The average molecular weight is 315 g/mol. The number of aromatic hydroxyl groups is 1. The van der Waals surface area contributed by atoms with Crippen molar-refractivity contribution in [2.24, 2.45) is 0 Å². The fourth-order valence-electron chi connectivity index (χ4n) is 2.54. The second-order valence-corrected chi connectivity index (χ2v) is 6.54. The summed E-state index contributed by atoms with van der Waals surface area (Å²) in [6.45, 7) is 7.68. The highest BCUT2D eigenvalue weighted by atomic mass is 32.2. The molecule has 0 saturated heterocycles. The van der Waals surface area contributed by atoms with Gasteiger partial charge in [-0.05, 0) is 49.7 Å². The van der Waals surface area contributed by atoms with Crippen LogP contribution in [-0.4, -0.2) is 23.1 Å². The summed E-state index contributed by atoms with van der Waals surface area (Å²) < 4.78 is 0. The third kappa shape index (κ3) is 4.79. The summed E-state index contributed by atoms with van der Waals surface area (Å²) in [5.74, 6) is 0.348. The van der Waals surface area contributed by atoms with E-state index in [2.05, 4.69) is 43.0 Å². The minimum absolute atomic E-state index is 0.348. The molecule has 0 atom stereocenters. The highest BCUT2D eigenvalue weighted by Gasteiger charge is 2.10. The van der Waals surface area contributed by atoms with Crippen molar-refractivity contribution in [2.45, 2.75) is 43.0 Å². The highest BCUT2D eigenvalue weighted by molar-refractivity contribution is 7.99. The monoisotopic (exact) mass is 315 g/mol. The number of phenols is 1. The van der Waals surface area contributed by atoms with Crippen molar-refractivity contribution in [3.8, 4) is 5.75 Å². The Bertz CT molecular complexity index is 579. The molecule has 0 heterocycles. The smallest absolute Gasteiger partial charge is 0.129 e. The number of rotatable bonds is 8. The van der Waals surface area contributed by atoms with E-state index in [0.29, 0.717) is 5.75 Å². The van der Waals surface area contributed by atoms with Gasteiger partial charge in [-0.3, -0.25) is 4.90 Å². The van der Waals surface area contributed by atoms with Crippen molar-refractivity contribution in [1.29, 1.82) is 0 Å². The number of nitrogens with zero attached hydrogens (tertiary/aromatic N) is 1.